The van der Waals surface area contributed by atoms with Crippen LogP contribution in [-0.2, 0) is 74.1 Å². The first-order valence-corrected chi connectivity index (χ1v) is 96.4. The molecule has 0 saturated heterocycles. The Morgan fingerprint density at radius 1 is 0.144 bits per heavy atom. The topological polar surface area (TPSA) is 166 Å². The summed E-state index contributed by atoms with van der Waals surface area (Å²) in [5.41, 5.74) is 0. The minimum absolute atomic E-state index is 1.04. The Bertz CT molecular complexity index is 2360. The zero-order valence-corrected chi connectivity index (χ0v) is 91.6. The highest BCUT2D eigenvalue weighted by molar-refractivity contribution is 7.03. The molecule has 0 spiro atoms. The molecule has 0 radical (unpaired) electrons. The van der Waals surface area contributed by atoms with Crippen molar-refractivity contribution < 1.29 is 74.1 Å². The van der Waals surface area contributed by atoms with Gasteiger partial charge in [-0.1, -0.05) is 60.7 Å². The number of hydrogen-bond acceptors (Lipinski definition) is 18. The molecule has 0 bridgehead atoms. The van der Waals surface area contributed by atoms with Crippen molar-refractivity contribution >= 4 is 189 Å². The van der Waals surface area contributed by atoms with Crippen LogP contribution < -0.4 is 10.4 Å². The second-order valence-electron chi connectivity index (χ2n) is 38.0. The van der Waals surface area contributed by atoms with Gasteiger partial charge < -0.3 is 74.1 Å². The lowest BCUT2D eigenvalue weighted by Gasteiger charge is -2.47. The summed E-state index contributed by atoms with van der Waals surface area (Å²) in [5, 5.41) is 2.08. The Morgan fingerprint density at radius 2 is 0.268 bits per heavy atom. The molecule has 0 saturated carbocycles. The molecule has 572 valence electrons. The van der Waals surface area contributed by atoms with Crippen molar-refractivity contribution in [3.63, 3.8) is 0 Å². The lowest BCUT2D eigenvalue weighted by Crippen LogP contribution is -2.73. The maximum atomic E-state index is 7.46. The van der Waals surface area contributed by atoms with E-state index in [1.165, 1.54) is 0 Å². The largest absolute Gasteiger partial charge is 0.471 e. The number of hydrogen-bond donors (Lipinski definition) is 0. The van der Waals surface area contributed by atoms with Crippen molar-refractivity contribution in [3.8, 4) is 0 Å². The fraction of sp³-hybridized carbons (Fsp3) is 0.793. The normalized spacial score (nSPS) is 15.2. The Kier molecular flexibility index (Phi) is 36.1. The van der Waals surface area contributed by atoms with Crippen LogP contribution in [0.25, 0.3) is 0 Å². The molecule has 0 aliphatic rings. The van der Waals surface area contributed by atoms with E-state index in [4.69, 9.17) is 74.1 Å². The van der Waals surface area contributed by atoms with E-state index in [0.29, 0.717) is 0 Å². The van der Waals surface area contributed by atoms with E-state index >= 15 is 0 Å². The quantitative estimate of drug-likeness (QED) is 0.0582. The van der Waals surface area contributed by atoms with E-state index in [1.807, 2.05) is 31.8 Å². The van der Waals surface area contributed by atoms with Gasteiger partial charge in [-0.15, -0.1) is 0 Å². The summed E-state index contributed by atoms with van der Waals surface area (Å²) in [7, 11) is -49.5. The molecule has 0 atom stereocenters. The highest BCUT2D eigenvalue weighted by atomic mass is 28.6. The van der Waals surface area contributed by atoms with Gasteiger partial charge >= 0.3 is 103 Å². The molecule has 0 aliphatic carbocycles. The SMILES string of the molecule is C[Si](C)(C)O[Si](C)(C)O[Si](C)(O[Si](C)(C)O[Si](C)(C)C)O[Si](C)(C)O[Si](C)(C)C.C[Si](C)(C)O[Si](C)(C)O[Si](C)(O[Si](C)(C)O[Si](C)(C)C)O[Si](C)(C)O[Si](C)(C)C.C[Si](C)(C)O[Si](C)(C)O[Si](C)(O[Si](C)(C)O[Si](C)(C)C)O[Si](O[Si](C)(C)C)(c1ccccc1)c1ccccc1. The summed E-state index contributed by atoms with van der Waals surface area (Å²) < 4.78 is 121. The van der Waals surface area contributed by atoms with Gasteiger partial charge in [-0.25, -0.2) is 0 Å². The fourth-order valence-corrected chi connectivity index (χ4v) is 107. The molecule has 18 nitrogen and oxygen atoms in total. The molecule has 2 aromatic carbocycles. The van der Waals surface area contributed by atoms with Gasteiger partial charge in [0.05, 0.1) is 0 Å². The average Bonchev–Trinajstić information content (AvgIpc) is 3.17. The van der Waals surface area contributed by atoms with Gasteiger partial charge in [0.15, 0.2) is 74.9 Å². The minimum atomic E-state index is -3.44. The maximum absolute atomic E-state index is 7.46. The molecule has 0 N–H and O–H groups in total. The molecule has 39 heteroatoms. The third-order valence-corrected chi connectivity index (χ3v) is 82.3. The third kappa shape index (κ3) is 47.6. The first-order valence-electron chi connectivity index (χ1n) is 34.7. The first-order chi connectivity index (χ1) is 41.9. The zero-order chi connectivity index (χ0) is 77.5. The van der Waals surface area contributed by atoms with Crippen molar-refractivity contribution in [3.05, 3.63) is 60.7 Å². The summed E-state index contributed by atoms with van der Waals surface area (Å²) in [6, 6.07) is 20.8. The lowest BCUT2D eigenvalue weighted by molar-refractivity contribution is 0.196. The molecule has 2 rings (SSSR count). The Hall–Kier alpha value is 2.27. The molecular formula is C58H148O18Si21. The van der Waals surface area contributed by atoms with E-state index in [0.717, 1.165) is 10.4 Å². The Morgan fingerprint density at radius 3 is 0.392 bits per heavy atom. The molecule has 0 aliphatic heterocycles. The maximum Gasteiger partial charge on any atom is 0.471 e. The fourth-order valence-electron chi connectivity index (χ4n) is 12.3. The van der Waals surface area contributed by atoms with Crippen LogP contribution in [0.3, 0.4) is 0 Å². The van der Waals surface area contributed by atoms with Crippen molar-refractivity contribution in [1.82, 2.24) is 0 Å². The first kappa shape index (κ1) is 99.3. The molecule has 0 aromatic heterocycles. The Labute approximate surface area is 619 Å². The van der Waals surface area contributed by atoms with Crippen LogP contribution in [0.15, 0.2) is 60.7 Å². The second kappa shape index (κ2) is 35.3. The predicted molar refractivity (Wildman–Crippen MR) is 462 cm³/mol. The molecular weight excluding hydrogens is 1570 g/mol. The summed E-state index contributed by atoms with van der Waals surface area (Å²) >= 11 is 0. The van der Waals surface area contributed by atoms with Crippen LogP contribution in [0.4, 0.5) is 0 Å². The summed E-state index contributed by atoms with van der Waals surface area (Å²) in [6.45, 7) is 98.7. The molecule has 2 aromatic rings. The van der Waals surface area contributed by atoms with Crippen LogP contribution in [-0.4, -0.2) is 178 Å². The molecule has 97 heavy (non-hydrogen) atoms. The zero-order valence-electron chi connectivity index (χ0n) is 70.6. The second-order valence-corrected chi connectivity index (χ2v) is 121. The highest BCUT2D eigenvalue weighted by Gasteiger charge is 2.59. The predicted octanol–water partition coefficient (Wildman–Crippen LogP) is 19.3. The van der Waals surface area contributed by atoms with Gasteiger partial charge in [-0.05, 0) is 292 Å². The molecule has 0 unspecified atom stereocenters. The standard InChI is InChI=1S/C26H52O6Si7.2C16H48O6Si7/c1-33(2,3)27-36(10,11)30-38(14,31-37(12,13)28-34(4,5)6)32-39(29-35(7,8)9,25-21-17-15-18-22-25)26-23-19-16-20-24-26;2*1-23(2,3)17-26(10,11)20-29(16,21-27(12,13)18-24(4,5)6)22-28(14,15)19-25(7,8)9/h15-24H,1-14H3;2*1-16H3. The highest BCUT2D eigenvalue weighted by Crippen LogP contribution is 2.35. The van der Waals surface area contributed by atoms with Crippen LogP contribution in [0.5, 0.6) is 0 Å². The van der Waals surface area contributed by atoms with Crippen LogP contribution in [0.1, 0.15) is 0 Å². The Balaban J connectivity index is 0.00000145. The van der Waals surface area contributed by atoms with Crippen LogP contribution >= 0.6 is 0 Å². The number of benzene rings is 2. The van der Waals surface area contributed by atoms with Gasteiger partial charge in [-0.2, -0.15) is 0 Å². The summed E-state index contributed by atoms with van der Waals surface area (Å²) in [4.78, 5) is 0. The van der Waals surface area contributed by atoms with E-state index in [9.17, 15) is 0 Å². The van der Waals surface area contributed by atoms with Crippen LogP contribution in [0, 0.1) is 0 Å². The van der Waals surface area contributed by atoms with Crippen molar-refractivity contribution in [2.24, 2.45) is 0 Å². The van der Waals surface area contributed by atoms with Gasteiger partial charge in [0, 0.05) is 19.6 Å². The molecule has 0 fully saturated rings. The number of rotatable bonds is 38. The van der Waals surface area contributed by atoms with Crippen molar-refractivity contribution in [2.75, 3.05) is 0 Å². The van der Waals surface area contributed by atoms with E-state index < -0.39 is 178 Å². The van der Waals surface area contributed by atoms with Gasteiger partial charge in [0.1, 0.15) is 0 Å². The van der Waals surface area contributed by atoms with Crippen LogP contribution in [0.2, 0.25) is 301 Å². The van der Waals surface area contributed by atoms with Gasteiger partial charge in [-0.3, -0.25) is 0 Å². The van der Waals surface area contributed by atoms with E-state index in [2.05, 4.69) is 330 Å². The molecule has 0 amide bonds. The smallest absolute Gasteiger partial charge is 0.437 e. The van der Waals surface area contributed by atoms with Crippen molar-refractivity contribution in [1.29, 1.82) is 0 Å². The van der Waals surface area contributed by atoms with E-state index in [1.54, 1.807) is 0 Å². The third-order valence-electron chi connectivity index (χ3n) is 11.0. The van der Waals surface area contributed by atoms with Crippen molar-refractivity contribution in [2.45, 2.75) is 301 Å². The average molecular weight is 1720 g/mol. The van der Waals surface area contributed by atoms with Gasteiger partial charge in [0.2, 0.25) is 0 Å². The lowest BCUT2D eigenvalue weighted by atomic mass is 10.4. The minimum Gasteiger partial charge on any atom is -0.437 e. The molecule has 0 heterocycles. The monoisotopic (exact) mass is 1720 g/mol. The van der Waals surface area contributed by atoms with E-state index in [-0.39, 0.29) is 0 Å². The van der Waals surface area contributed by atoms with Gasteiger partial charge in [0.25, 0.3) is 0 Å². The summed E-state index contributed by atoms with van der Waals surface area (Å²) in [6.07, 6.45) is 0. The summed E-state index contributed by atoms with van der Waals surface area (Å²) in [5.74, 6) is 0.